The highest BCUT2D eigenvalue weighted by Gasteiger charge is 2.13. The average Bonchev–Trinajstić information content (AvgIpc) is 1.84. The summed E-state index contributed by atoms with van der Waals surface area (Å²) in [4.78, 5) is 12.7. The third kappa shape index (κ3) is 3.86. The SMILES string of the molecule is CC(C)OC(=O)N(C)C(C)C. The van der Waals surface area contributed by atoms with Crippen LogP contribution in [0.2, 0.25) is 0 Å². The summed E-state index contributed by atoms with van der Waals surface area (Å²) >= 11 is 0. The van der Waals surface area contributed by atoms with Crippen LogP contribution in [0.4, 0.5) is 4.79 Å². The van der Waals surface area contributed by atoms with Crippen LogP contribution in [0.5, 0.6) is 0 Å². The van der Waals surface area contributed by atoms with Crippen LogP contribution in [-0.4, -0.2) is 30.2 Å². The lowest BCUT2D eigenvalue weighted by Crippen LogP contribution is -2.34. The summed E-state index contributed by atoms with van der Waals surface area (Å²) in [6, 6.07) is 0.196. The fraction of sp³-hybridized carbons (Fsp3) is 0.875. The van der Waals surface area contributed by atoms with Crippen LogP contribution in [0.25, 0.3) is 0 Å². The molecule has 0 aliphatic heterocycles. The van der Waals surface area contributed by atoms with E-state index in [1.165, 1.54) is 0 Å². The Kier molecular flexibility index (Phi) is 3.93. The first kappa shape index (κ1) is 10.3. The number of amides is 1. The molecule has 0 atom stereocenters. The Labute approximate surface area is 68.3 Å². The van der Waals surface area contributed by atoms with Crippen molar-refractivity contribution >= 4 is 6.09 Å². The summed E-state index contributed by atoms with van der Waals surface area (Å²) in [5.74, 6) is 0. The molecule has 0 heterocycles. The highest BCUT2D eigenvalue weighted by Crippen LogP contribution is 1.99. The summed E-state index contributed by atoms with van der Waals surface area (Å²) < 4.78 is 4.96. The molecule has 1 amide bonds. The number of carbonyl (C=O) groups excluding carboxylic acids is 1. The maximum atomic E-state index is 11.1. The lowest BCUT2D eigenvalue weighted by Gasteiger charge is -2.21. The molecule has 0 N–H and O–H groups in total. The van der Waals surface area contributed by atoms with Gasteiger partial charge in [-0.2, -0.15) is 0 Å². The van der Waals surface area contributed by atoms with Crippen LogP contribution < -0.4 is 0 Å². The topological polar surface area (TPSA) is 29.5 Å². The number of ether oxygens (including phenoxy) is 1. The Morgan fingerprint density at radius 2 is 1.73 bits per heavy atom. The molecule has 0 fully saturated rings. The first-order valence-corrected chi connectivity index (χ1v) is 3.88. The van der Waals surface area contributed by atoms with Gasteiger partial charge in [0.15, 0.2) is 0 Å². The third-order valence-corrected chi connectivity index (χ3v) is 1.40. The number of carbonyl (C=O) groups is 1. The predicted octanol–water partition coefficient (Wildman–Crippen LogP) is 1.87. The second-order valence-corrected chi connectivity index (χ2v) is 3.14. The molecule has 0 aliphatic rings. The van der Waals surface area contributed by atoms with Crippen LogP contribution in [-0.2, 0) is 4.74 Å². The van der Waals surface area contributed by atoms with Crippen molar-refractivity contribution in [3.8, 4) is 0 Å². The van der Waals surface area contributed by atoms with Gasteiger partial charge in [0, 0.05) is 13.1 Å². The molecule has 0 aliphatic carbocycles. The minimum atomic E-state index is -0.255. The molecule has 0 rings (SSSR count). The first-order valence-electron chi connectivity index (χ1n) is 3.88. The number of hydrogen-bond acceptors (Lipinski definition) is 2. The van der Waals surface area contributed by atoms with Crippen molar-refractivity contribution in [2.24, 2.45) is 0 Å². The van der Waals surface area contributed by atoms with Crippen molar-refractivity contribution in [3.63, 3.8) is 0 Å². The second kappa shape index (κ2) is 4.21. The Bertz CT molecular complexity index is 132. The molecule has 0 aromatic rings. The fourth-order valence-corrected chi connectivity index (χ4v) is 0.496. The number of hydrogen-bond donors (Lipinski definition) is 0. The zero-order valence-electron chi connectivity index (χ0n) is 7.92. The van der Waals surface area contributed by atoms with E-state index in [0.29, 0.717) is 0 Å². The standard InChI is InChI=1S/C8H17NO2/c1-6(2)9(5)8(10)11-7(3)4/h6-7H,1-5H3. The lowest BCUT2D eigenvalue weighted by atomic mass is 10.4. The Morgan fingerprint density at radius 3 is 2.00 bits per heavy atom. The van der Waals surface area contributed by atoms with Gasteiger partial charge in [-0.3, -0.25) is 0 Å². The van der Waals surface area contributed by atoms with E-state index in [2.05, 4.69) is 0 Å². The first-order chi connectivity index (χ1) is 4.95. The van der Waals surface area contributed by atoms with Crippen molar-refractivity contribution in [3.05, 3.63) is 0 Å². The average molecular weight is 159 g/mol. The number of rotatable bonds is 2. The van der Waals surface area contributed by atoms with Crippen molar-refractivity contribution < 1.29 is 9.53 Å². The molecule has 66 valence electrons. The van der Waals surface area contributed by atoms with Crippen LogP contribution in [0.15, 0.2) is 0 Å². The molecule has 0 saturated heterocycles. The van der Waals surface area contributed by atoms with E-state index in [1.807, 2.05) is 27.7 Å². The van der Waals surface area contributed by atoms with Gasteiger partial charge in [0.1, 0.15) is 0 Å². The molecule has 3 heteroatoms. The van der Waals surface area contributed by atoms with Gasteiger partial charge in [-0.25, -0.2) is 4.79 Å². The van der Waals surface area contributed by atoms with Gasteiger partial charge in [-0.15, -0.1) is 0 Å². The van der Waals surface area contributed by atoms with Gasteiger partial charge < -0.3 is 9.64 Å². The van der Waals surface area contributed by atoms with E-state index in [-0.39, 0.29) is 18.2 Å². The molecule has 0 radical (unpaired) electrons. The largest absolute Gasteiger partial charge is 0.447 e. The van der Waals surface area contributed by atoms with Gasteiger partial charge in [0.25, 0.3) is 0 Å². The fourth-order valence-electron chi connectivity index (χ4n) is 0.496. The van der Waals surface area contributed by atoms with Crippen molar-refractivity contribution in [2.75, 3.05) is 7.05 Å². The third-order valence-electron chi connectivity index (χ3n) is 1.40. The monoisotopic (exact) mass is 159 g/mol. The number of nitrogens with zero attached hydrogens (tertiary/aromatic N) is 1. The zero-order valence-corrected chi connectivity index (χ0v) is 7.92. The minimum Gasteiger partial charge on any atom is -0.447 e. The van der Waals surface area contributed by atoms with E-state index >= 15 is 0 Å². The molecule has 0 saturated carbocycles. The summed E-state index contributed by atoms with van der Waals surface area (Å²) in [5.41, 5.74) is 0. The highest BCUT2D eigenvalue weighted by atomic mass is 16.6. The molecule has 0 spiro atoms. The Hall–Kier alpha value is -0.730. The maximum absolute atomic E-state index is 11.1. The van der Waals surface area contributed by atoms with Crippen LogP contribution in [0.1, 0.15) is 27.7 Å². The van der Waals surface area contributed by atoms with Gasteiger partial charge >= 0.3 is 6.09 Å². The molecule has 11 heavy (non-hydrogen) atoms. The molecule has 0 aromatic heterocycles. The maximum Gasteiger partial charge on any atom is 0.409 e. The van der Waals surface area contributed by atoms with E-state index in [4.69, 9.17) is 4.74 Å². The van der Waals surface area contributed by atoms with Gasteiger partial charge in [0.05, 0.1) is 6.10 Å². The van der Waals surface area contributed by atoms with E-state index in [9.17, 15) is 4.79 Å². The van der Waals surface area contributed by atoms with Crippen LogP contribution in [0, 0.1) is 0 Å². The molecule has 3 nitrogen and oxygen atoms in total. The van der Waals surface area contributed by atoms with E-state index < -0.39 is 0 Å². The van der Waals surface area contributed by atoms with Crippen molar-refractivity contribution in [1.29, 1.82) is 0 Å². The van der Waals surface area contributed by atoms with Gasteiger partial charge in [-0.1, -0.05) is 0 Å². The summed E-state index contributed by atoms with van der Waals surface area (Å²) in [5, 5.41) is 0. The Balaban J connectivity index is 3.83. The smallest absolute Gasteiger partial charge is 0.409 e. The highest BCUT2D eigenvalue weighted by molar-refractivity contribution is 5.67. The molecular weight excluding hydrogens is 142 g/mol. The summed E-state index contributed by atoms with van der Waals surface area (Å²) in [7, 11) is 1.73. The Morgan fingerprint density at radius 1 is 1.27 bits per heavy atom. The van der Waals surface area contributed by atoms with Crippen molar-refractivity contribution in [1.82, 2.24) is 4.90 Å². The summed E-state index contributed by atoms with van der Waals surface area (Å²) in [6.07, 6.45) is -0.293. The molecule has 0 aromatic carbocycles. The molecule has 0 unspecified atom stereocenters. The van der Waals surface area contributed by atoms with Crippen molar-refractivity contribution in [2.45, 2.75) is 39.8 Å². The van der Waals surface area contributed by atoms with Gasteiger partial charge in [-0.05, 0) is 27.7 Å². The molecular formula is C8H17NO2. The second-order valence-electron chi connectivity index (χ2n) is 3.14. The summed E-state index contributed by atoms with van der Waals surface area (Å²) in [6.45, 7) is 7.57. The van der Waals surface area contributed by atoms with E-state index in [1.54, 1.807) is 11.9 Å². The van der Waals surface area contributed by atoms with Crippen LogP contribution >= 0.6 is 0 Å². The molecule has 0 bridgehead atoms. The predicted molar refractivity (Wildman–Crippen MR) is 44.5 cm³/mol. The van der Waals surface area contributed by atoms with Gasteiger partial charge in [0.2, 0.25) is 0 Å². The van der Waals surface area contributed by atoms with Crippen LogP contribution in [0.3, 0.4) is 0 Å². The quantitative estimate of drug-likeness (QED) is 0.615. The lowest BCUT2D eigenvalue weighted by molar-refractivity contribution is 0.0766. The minimum absolute atomic E-state index is 0.0382. The normalized spacial score (nSPS) is 10.5. The van der Waals surface area contributed by atoms with E-state index in [0.717, 1.165) is 0 Å². The zero-order chi connectivity index (χ0) is 9.02.